The third-order valence-electron chi connectivity index (χ3n) is 7.16. The summed E-state index contributed by atoms with van der Waals surface area (Å²) in [5, 5.41) is 18.8. The van der Waals surface area contributed by atoms with Gasteiger partial charge in [0.2, 0.25) is 0 Å². The van der Waals surface area contributed by atoms with Crippen LogP contribution in [0.4, 0.5) is 13.2 Å². The molecule has 10 nitrogen and oxygen atoms in total. The Hall–Kier alpha value is -3.97. The van der Waals surface area contributed by atoms with Crippen LogP contribution in [0.3, 0.4) is 0 Å². The van der Waals surface area contributed by atoms with E-state index in [1.165, 1.54) is 35.3 Å². The number of halogens is 4. The molecule has 5 rings (SSSR count). The van der Waals surface area contributed by atoms with Gasteiger partial charge in [-0.15, -0.1) is 10.2 Å². The molecule has 1 N–H and O–H groups in total. The highest BCUT2D eigenvalue weighted by molar-refractivity contribution is 6.30. The van der Waals surface area contributed by atoms with E-state index in [1.807, 2.05) is 4.90 Å². The van der Waals surface area contributed by atoms with Gasteiger partial charge in [0.05, 0.1) is 17.8 Å². The molecule has 1 unspecified atom stereocenters. The monoisotopic (exact) mass is 603 g/mol. The molecule has 1 aliphatic heterocycles. The molecule has 1 fully saturated rings. The molecule has 2 aromatic heterocycles. The van der Waals surface area contributed by atoms with E-state index in [9.17, 15) is 27.9 Å². The van der Waals surface area contributed by atoms with Crippen molar-refractivity contribution in [3.63, 3.8) is 0 Å². The van der Waals surface area contributed by atoms with Crippen molar-refractivity contribution in [2.24, 2.45) is 5.41 Å². The Balaban J connectivity index is 1.45. The summed E-state index contributed by atoms with van der Waals surface area (Å²) in [5.41, 5.74) is 0.400. The molecule has 0 saturated carbocycles. The molecular formula is C28H29ClF3N7O3. The maximum Gasteiger partial charge on any atom is 0.416 e. The summed E-state index contributed by atoms with van der Waals surface area (Å²) in [5.74, 6) is -0.0665. The number of aliphatic hydroxyl groups excluding tert-OH is 1. The fourth-order valence-corrected chi connectivity index (χ4v) is 5.16. The van der Waals surface area contributed by atoms with Crippen LogP contribution in [-0.2, 0) is 13.1 Å². The second-order valence-electron chi connectivity index (χ2n) is 11.1. The van der Waals surface area contributed by atoms with Crippen molar-refractivity contribution in [2.45, 2.75) is 52.1 Å². The first-order chi connectivity index (χ1) is 19.8. The van der Waals surface area contributed by atoms with E-state index < -0.39 is 24.5 Å². The van der Waals surface area contributed by atoms with Crippen LogP contribution < -0.4 is 5.69 Å². The number of piperidine rings is 1. The van der Waals surface area contributed by atoms with Crippen molar-refractivity contribution < 1.29 is 23.1 Å². The minimum absolute atomic E-state index is 0.0148. The van der Waals surface area contributed by atoms with Crippen LogP contribution in [0.2, 0.25) is 5.02 Å². The first-order valence-electron chi connectivity index (χ1n) is 13.3. The van der Waals surface area contributed by atoms with Crippen molar-refractivity contribution in [3.8, 4) is 17.1 Å². The van der Waals surface area contributed by atoms with Gasteiger partial charge in [-0.2, -0.15) is 13.2 Å². The normalized spacial score (nSPS) is 16.0. The zero-order valence-electron chi connectivity index (χ0n) is 22.9. The average Bonchev–Trinajstić information content (AvgIpc) is 3.52. The quantitative estimate of drug-likeness (QED) is 0.339. The van der Waals surface area contributed by atoms with E-state index in [2.05, 4.69) is 29.0 Å². The van der Waals surface area contributed by atoms with Gasteiger partial charge in [-0.1, -0.05) is 37.6 Å². The van der Waals surface area contributed by atoms with Gasteiger partial charge in [-0.25, -0.2) is 19.1 Å². The number of aromatic nitrogens is 6. The topological polar surface area (TPSA) is 111 Å². The lowest BCUT2D eigenvalue weighted by Gasteiger charge is -2.38. The number of rotatable bonds is 7. The molecule has 0 radical (unpaired) electrons. The Labute approximate surface area is 244 Å². The van der Waals surface area contributed by atoms with Crippen molar-refractivity contribution >= 4 is 17.5 Å². The summed E-state index contributed by atoms with van der Waals surface area (Å²) in [7, 11) is 0. The number of carbonyl (C=O) groups excluding carboxylic acids is 1. The lowest BCUT2D eigenvalue weighted by molar-refractivity contribution is -0.207. The van der Waals surface area contributed by atoms with Gasteiger partial charge < -0.3 is 10.0 Å². The second-order valence-corrected chi connectivity index (χ2v) is 11.5. The summed E-state index contributed by atoms with van der Waals surface area (Å²) >= 11 is 5.94. The molecule has 2 aromatic carbocycles. The van der Waals surface area contributed by atoms with Crippen LogP contribution in [0.15, 0.2) is 59.7 Å². The number of nitrogens with zero attached hydrogens (tertiary/aromatic N) is 7. The molecule has 1 saturated heterocycles. The summed E-state index contributed by atoms with van der Waals surface area (Å²) in [6, 6.07) is 13.0. The Bertz CT molecular complexity index is 1640. The Kier molecular flexibility index (Phi) is 7.99. The minimum Gasteiger partial charge on any atom is -0.382 e. The fraction of sp³-hybridized carbons (Fsp3) is 0.393. The largest absolute Gasteiger partial charge is 0.416 e. The SMILES string of the molecule is CC1(C)CCCN(C(=O)c2ccccc2-n2cnc(Cn3nc(-c4ccc(Cl)cc4)n(CC(O)C(F)(F)F)c3=O)n2)C1. The summed E-state index contributed by atoms with van der Waals surface area (Å²) < 4.78 is 42.6. The van der Waals surface area contributed by atoms with Crippen LogP contribution in [0.25, 0.3) is 17.1 Å². The van der Waals surface area contributed by atoms with Gasteiger partial charge in [-0.05, 0) is 54.7 Å². The lowest BCUT2D eigenvalue weighted by atomic mass is 9.84. The van der Waals surface area contributed by atoms with E-state index in [1.54, 1.807) is 24.3 Å². The third kappa shape index (κ3) is 6.26. The number of aliphatic hydroxyl groups is 1. The first kappa shape index (κ1) is 29.5. The molecule has 4 aromatic rings. The van der Waals surface area contributed by atoms with E-state index in [-0.39, 0.29) is 29.5 Å². The number of carbonyl (C=O) groups is 1. The lowest BCUT2D eigenvalue weighted by Crippen LogP contribution is -2.43. The van der Waals surface area contributed by atoms with Gasteiger partial charge in [0, 0.05) is 23.7 Å². The van der Waals surface area contributed by atoms with Gasteiger partial charge in [-0.3, -0.25) is 9.36 Å². The molecule has 0 aliphatic carbocycles. The number of amides is 1. The Morgan fingerprint density at radius 1 is 1.12 bits per heavy atom. The molecule has 0 spiro atoms. The van der Waals surface area contributed by atoms with Crippen LogP contribution in [0.1, 0.15) is 42.9 Å². The summed E-state index contributed by atoms with van der Waals surface area (Å²) in [6.07, 6.45) is -4.37. The van der Waals surface area contributed by atoms with Crippen LogP contribution in [-0.4, -0.2) is 70.4 Å². The van der Waals surface area contributed by atoms with Crippen molar-refractivity contribution in [1.82, 2.24) is 34.0 Å². The predicted molar refractivity (Wildman–Crippen MR) is 148 cm³/mol. The highest BCUT2D eigenvalue weighted by Crippen LogP contribution is 2.30. The number of hydrogen-bond acceptors (Lipinski definition) is 6. The van der Waals surface area contributed by atoms with Gasteiger partial charge in [0.25, 0.3) is 5.91 Å². The van der Waals surface area contributed by atoms with Gasteiger partial charge in [0.15, 0.2) is 17.8 Å². The predicted octanol–water partition coefficient (Wildman–Crippen LogP) is 4.18. The first-order valence-corrected chi connectivity index (χ1v) is 13.7. The molecule has 1 atom stereocenters. The molecule has 222 valence electrons. The number of benzene rings is 2. The Morgan fingerprint density at radius 2 is 1.83 bits per heavy atom. The smallest absolute Gasteiger partial charge is 0.382 e. The maximum atomic E-state index is 13.5. The molecule has 14 heteroatoms. The second kappa shape index (κ2) is 11.4. The number of alkyl halides is 3. The molecule has 1 aliphatic rings. The van der Waals surface area contributed by atoms with Crippen LogP contribution in [0.5, 0.6) is 0 Å². The van der Waals surface area contributed by atoms with Crippen molar-refractivity contribution in [2.75, 3.05) is 13.1 Å². The molecule has 1 amide bonds. The zero-order valence-corrected chi connectivity index (χ0v) is 23.7. The zero-order chi connectivity index (χ0) is 30.2. The average molecular weight is 604 g/mol. The molecular weight excluding hydrogens is 575 g/mol. The molecule has 0 bridgehead atoms. The number of para-hydroxylation sites is 1. The minimum atomic E-state index is -4.94. The highest BCUT2D eigenvalue weighted by atomic mass is 35.5. The summed E-state index contributed by atoms with van der Waals surface area (Å²) in [4.78, 5) is 32.8. The van der Waals surface area contributed by atoms with Crippen molar-refractivity contribution in [1.29, 1.82) is 0 Å². The Morgan fingerprint density at radius 3 is 2.52 bits per heavy atom. The third-order valence-corrected chi connectivity index (χ3v) is 7.41. The van der Waals surface area contributed by atoms with Crippen molar-refractivity contribution in [3.05, 3.63) is 81.8 Å². The standard InChI is InChI=1S/C28H29ClF3N7O3/c1-27(2)12-5-13-36(16-27)25(41)20-6-3-4-7-21(20)39-17-33-23(34-39)15-38-26(42)37(14-22(40)28(30,31)32)24(35-38)18-8-10-19(29)11-9-18/h3-4,6-11,17,22,40H,5,12-16H2,1-2H3. The fourth-order valence-electron chi connectivity index (χ4n) is 5.04. The maximum absolute atomic E-state index is 13.5. The summed E-state index contributed by atoms with van der Waals surface area (Å²) in [6.45, 7) is 4.24. The number of hydrogen-bond donors (Lipinski definition) is 1. The van der Waals surface area contributed by atoms with Crippen LogP contribution in [0, 0.1) is 5.41 Å². The number of likely N-dealkylation sites (tertiary alicyclic amines) is 1. The van der Waals surface area contributed by atoms with Gasteiger partial charge in [0.1, 0.15) is 12.9 Å². The van der Waals surface area contributed by atoms with E-state index in [4.69, 9.17) is 11.6 Å². The van der Waals surface area contributed by atoms with Crippen LogP contribution >= 0.6 is 11.6 Å². The molecule has 3 heterocycles. The van der Waals surface area contributed by atoms with E-state index in [0.717, 1.165) is 22.1 Å². The highest BCUT2D eigenvalue weighted by Gasteiger charge is 2.39. The molecule has 42 heavy (non-hydrogen) atoms. The van der Waals surface area contributed by atoms with Gasteiger partial charge >= 0.3 is 11.9 Å². The van der Waals surface area contributed by atoms with E-state index in [0.29, 0.717) is 34.9 Å². The van der Waals surface area contributed by atoms with E-state index >= 15 is 0 Å².